The van der Waals surface area contributed by atoms with Crippen LogP contribution < -0.4 is 16.2 Å². The summed E-state index contributed by atoms with van der Waals surface area (Å²) in [6.45, 7) is 3.47. The SMILES string of the molecule is COCCN(C)c1nc(NN)nc2sc(C)cc12. The highest BCUT2D eigenvalue weighted by Crippen LogP contribution is 2.30. The molecular weight excluding hydrogens is 250 g/mol. The maximum absolute atomic E-state index is 5.40. The lowest BCUT2D eigenvalue weighted by Gasteiger charge is -2.18. The third kappa shape index (κ3) is 2.53. The van der Waals surface area contributed by atoms with Gasteiger partial charge in [0.1, 0.15) is 10.6 Å². The molecule has 0 aliphatic carbocycles. The number of aryl methyl sites for hydroxylation is 1. The van der Waals surface area contributed by atoms with E-state index in [2.05, 4.69) is 28.4 Å². The van der Waals surface area contributed by atoms with Crippen LogP contribution in [-0.2, 0) is 4.74 Å². The molecule has 2 aromatic heterocycles. The molecule has 6 nitrogen and oxygen atoms in total. The van der Waals surface area contributed by atoms with E-state index in [1.807, 2.05) is 11.9 Å². The Balaban J connectivity index is 2.45. The lowest BCUT2D eigenvalue weighted by molar-refractivity contribution is 0.206. The predicted molar refractivity (Wildman–Crippen MR) is 75.1 cm³/mol. The number of nitrogens with zero attached hydrogens (tertiary/aromatic N) is 3. The summed E-state index contributed by atoms with van der Waals surface area (Å²) in [4.78, 5) is 13.0. The summed E-state index contributed by atoms with van der Waals surface area (Å²) in [5.74, 6) is 6.71. The topological polar surface area (TPSA) is 76.3 Å². The van der Waals surface area contributed by atoms with Gasteiger partial charge in [-0.1, -0.05) is 0 Å². The molecule has 0 fully saturated rings. The van der Waals surface area contributed by atoms with Crippen molar-refractivity contribution in [1.82, 2.24) is 9.97 Å². The highest BCUT2D eigenvalue weighted by Gasteiger charge is 2.13. The van der Waals surface area contributed by atoms with E-state index in [0.717, 1.165) is 22.6 Å². The van der Waals surface area contributed by atoms with E-state index in [-0.39, 0.29) is 0 Å². The second kappa shape index (κ2) is 5.47. The Kier molecular flexibility index (Phi) is 3.95. The van der Waals surface area contributed by atoms with Crippen molar-refractivity contribution in [3.05, 3.63) is 10.9 Å². The van der Waals surface area contributed by atoms with Crippen LogP contribution in [0.1, 0.15) is 4.88 Å². The Morgan fingerprint density at radius 3 is 2.94 bits per heavy atom. The summed E-state index contributed by atoms with van der Waals surface area (Å²) in [6, 6.07) is 2.10. The van der Waals surface area contributed by atoms with Gasteiger partial charge in [0.25, 0.3) is 0 Å². The second-order valence-electron chi connectivity index (χ2n) is 4.01. The van der Waals surface area contributed by atoms with Gasteiger partial charge in [0, 0.05) is 25.6 Å². The summed E-state index contributed by atoms with van der Waals surface area (Å²) in [7, 11) is 3.67. The lowest BCUT2D eigenvalue weighted by Crippen LogP contribution is -2.24. The van der Waals surface area contributed by atoms with E-state index in [0.29, 0.717) is 12.6 Å². The molecule has 2 rings (SSSR count). The van der Waals surface area contributed by atoms with Gasteiger partial charge in [-0.3, -0.25) is 5.43 Å². The first kappa shape index (κ1) is 13.0. The number of hydrogen-bond acceptors (Lipinski definition) is 7. The van der Waals surface area contributed by atoms with Gasteiger partial charge in [0.2, 0.25) is 5.95 Å². The zero-order valence-corrected chi connectivity index (χ0v) is 11.5. The van der Waals surface area contributed by atoms with Crippen molar-refractivity contribution < 1.29 is 4.74 Å². The minimum Gasteiger partial charge on any atom is -0.383 e. The van der Waals surface area contributed by atoms with Gasteiger partial charge >= 0.3 is 0 Å². The van der Waals surface area contributed by atoms with Crippen molar-refractivity contribution in [2.45, 2.75) is 6.92 Å². The summed E-state index contributed by atoms with van der Waals surface area (Å²) in [5.41, 5.74) is 2.51. The van der Waals surface area contributed by atoms with E-state index in [1.54, 1.807) is 18.4 Å². The fourth-order valence-electron chi connectivity index (χ4n) is 1.72. The molecule has 0 spiro atoms. The number of nitrogen functional groups attached to an aromatic ring is 1. The maximum atomic E-state index is 5.40. The number of likely N-dealkylation sites (N-methyl/N-ethyl adjacent to an activating group) is 1. The lowest BCUT2D eigenvalue weighted by atomic mass is 10.3. The van der Waals surface area contributed by atoms with Gasteiger partial charge in [0.15, 0.2) is 0 Å². The molecule has 0 unspecified atom stereocenters. The van der Waals surface area contributed by atoms with Crippen molar-refractivity contribution in [3.63, 3.8) is 0 Å². The molecule has 2 aromatic rings. The second-order valence-corrected chi connectivity index (χ2v) is 5.24. The Morgan fingerprint density at radius 1 is 1.50 bits per heavy atom. The number of nitrogens with two attached hydrogens (primary N) is 1. The van der Waals surface area contributed by atoms with Crippen LogP contribution in [0, 0.1) is 6.92 Å². The maximum Gasteiger partial charge on any atom is 0.240 e. The van der Waals surface area contributed by atoms with Crippen LogP contribution in [-0.4, -0.2) is 37.3 Å². The van der Waals surface area contributed by atoms with Gasteiger partial charge < -0.3 is 9.64 Å². The molecule has 98 valence electrons. The van der Waals surface area contributed by atoms with Gasteiger partial charge in [-0.15, -0.1) is 11.3 Å². The molecule has 0 aliphatic heterocycles. The summed E-state index contributed by atoms with van der Waals surface area (Å²) < 4.78 is 5.09. The first-order chi connectivity index (χ1) is 8.65. The number of rotatable bonds is 5. The number of nitrogens with one attached hydrogen (secondary N) is 1. The minimum atomic E-state index is 0.434. The van der Waals surface area contributed by atoms with Crippen molar-refractivity contribution in [2.75, 3.05) is 37.6 Å². The van der Waals surface area contributed by atoms with Crippen molar-refractivity contribution in [2.24, 2.45) is 5.84 Å². The molecule has 0 bridgehead atoms. The van der Waals surface area contributed by atoms with E-state index >= 15 is 0 Å². The van der Waals surface area contributed by atoms with E-state index in [4.69, 9.17) is 10.6 Å². The third-order valence-corrected chi connectivity index (χ3v) is 3.56. The van der Waals surface area contributed by atoms with Crippen LogP contribution in [0.2, 0.25) is 0 Å². The fourth-order valence-corrected chi connectivity index (χ4v) is 2.59. The number of fused-ring (bicyclic) bond motifs is 1. The Hall–Kier alpha value is -1.44. The van der Waals surface area contributed by atoms with Crippen LogP contribution >= 0.6 is 11.3 Å². The van der Waals surface area contributed by atoms with Crippen LogP contribution in [0.3, 0.4) is 0 Å². The molecular formula is C11H17N5OS. The van der Waals surface area contributed by atoms with Gasteiger partial charge in [-0.2, -0.15) is 4.98 Å². The molecule has 0 amide bonds. The molecule has 7 heteroatoms. The molecule has 0 saturated carbocycles. The molecule has 2 heterocycles. The molecule has 0 radical (unpaired) electrons. The van der Waals surface area contributed by atoms with Gasteiger partial charge in [0.05, 0.1) is 12.0 Å². The molecule has 0 saturated heterocycles. The van der Waals surface area contributed by atoms with Gasteiger partial charge in [-0.05, 0) is 13.0 Å². The number of ether oxygens (including phenoxy) is 1. The number of anilines is 2. The highest BCUT2D eigenvalue weighted by atomic mass is 32.1. The van der Waals surface area contributed by atoms with E-state index in [9.17, 15) is 0 Å². The first-order valence-electron chi connectivity index (χ1n) is 5.60. The predicted octanol–water partition coefficient (Wildman–Crippen LogP) is 1.37. The quantitative estimate of drug-likeness (QED) is 0.629. The van der Waals surface area contributed by atoms with Crippen LogP contribution in [0.4, 0.5) is 11.8 Å². The zero-order valence-electron chi connectivity index (χ0n) is 10.7. The number of hydrogen-bond donors (Lipinski definition) is 2. The number of hydrazine groups is 1. The summed E-state index contributed by atoms with van der Waals surface area (Å²) in [5, 5.41) is 1.05. The first-order valence-corrected chi connectivity index (χ1v) is 6.42. The molecule has 3 N–H and O–H groups in total. The van der Waals surface area contributed by atoms with Crippen LogP contribution in [0.15, 0.2) is 6.07 Å². The molecule has 18 heavy (non-hydrogen) atoms. The van der Waals surface area contributed by atoms with Crippen LogP contribution in [0.5, 0.6) is 0 Å². The van der Waals surface area contributed by atoms with Crippen molar-refractivity contribution >= 4 is 33.3 Å². The number of methoxy groups -OCH3 is 1. The molecule has 0 aliphatic rings. The average molecular weight is 267 g/mol. The standard InChI is InChI=1S/C11H17N5OS/c1-7-6-8-9(16(2)4-5-17-3)13-11(15-12)14-10(8)18-7/h6H,4-5,12H2,1-3H3,(H,13,14,15). The van der Waals surface area contributed by atoms with Crippen molar-refractivity contribution in [1.29, 1.82) is 0 Å². The average Bonchev–Trinajstić information content (AvgIpc) is 2.74. The largest absolute Gasteiger partial charge is 0.383 e. The van der Waals surface area contributed by atoms with E-state index in [1.165, 1.54) is 4.88 Å². The zero-order chi connectivity index (χ0) is 13.1. The van der Waals surface area contributed by atoms with Gasteiger partial charge in [-0.25, -0.2) is 10.8 Å². The monoisotopic (exact) mass is 267 g/mol. The van der Waals surface area contributed by atoms with E-state index < -0.39 is 0 Å². The molecule has 0 atom stereocenters. The Morgan fingerprint density at radius 2 is 2.28 bits per heavy atom. The number of aromatic nitrogens is 2. The summed E-state index contributed by atoms with van der Waals surface area (Å²) >= 11 is 1.63. The fraction of sp³-hybridized carbons (Fsp3) is 0.455. The Bertz CT molecular complexity index is 541. The number of thiophene rings is 1. The third-order valence-electron chi connectivity index (χ3n) is 2.62. The Labute approximate surface area is 110 Å². The van der Waals surface area contributed by atoms with Crippen LogP contribution in [0.25, 0.3) is 10.2 Å². The normalized spacial score (nSPS) is 10.9. The smallest absolute Gasteiger partial charge is 0.240 e. The summed E-state index contributed by atoms with van der Waals surface area (Å²) in [6.07, 6.45) is 0. The minimum absolute atomic E-state index is 0.434. The highest BCUT2D eigenvalue weighted by molar-refractivity contribution is 7.18. The van der Waals surface area contributed by atoms with Crippen molar-refractivity contribution in [3.8, 4) is 0 Å². The molecule has 0 aromatic carbocycles.